The van der Waals surface area contributed by atoms with E-state index < -0.39 is 15.9 Å². The smallest absolute Gasteiger partial charge is 0.287 e. The van der Waals surface area contributed by atoms with Gasteiger partial charge in [0.2, 0.25) is 0 Å². The molecule has 0 radical (unpaired) electrons. The van der Waals surface area contributed by atoms with Crippen LogP contribution in [0.4, 0.5) is 0 Å². The number of rotatable bonds is 5. The van der Waals surface area contributed by atoms with Crippen LogP contribution in [0.25, 0.3) is 5.69 Å². The van der Waals surface area contributed by atoms with Gasteiger partial charge in [-0.2, -0.15) is 0 Å². The van der Waals surface area contributed by atoms with E-state index in [1.807, 2.05) is 4.72 Å². The predicted molar refractivity (Wildman–Crippen MR) is 104 cm³/mol. The number of amides is 1. The summed E-state index contributed by atoms with van der Waals surface area (Å²) in [6, 6.07) is 9.28. The predicted octanol–water partition coefficient (Wildman–Crippen LogP) is 3.01. The number of ether oxygens (including phenoxy) is 1. The first-order valence-electron chi connectivity index (χ1n) is 7.80. The second-order valence-corrected chi connectivity index (χ2v) is 8.29. The number of methoxy groups -OCH3 is 1. The van der Waals surface area contributed by atoms with Crippen LogP contribution in [0.3, 0.4) is 0 Å². The van der Waals surface area contributed by atoms with Crippen LogP contribution in [0.2, 0.25) is 10.0 Å². The topological polar surface area (TPSA) is 103 Å². The molecule has 1 heterocycles. The van der Waals surface area contributed by atoms with Crippen molar-refractivity contribution in [1.29, 1.82) is 0 Å². The molecule has 0 aliphatic heterocycles. The van der Waals surface area contributed by atoms with Crippen molar-refractivity contribution in [1.82, 2.24) is 19.7 Å². The minimum atomic E-state index is -4.19. The highest BCUT2D eigenvalue weighted by Crippen LogP contribution is 2.25. The summed E-state index contributed by atoms with van der Waals surface area (Å²) in [6.45, 7) is 1.72. The number of nitrogens with one attached hydrogen (secondary N) is 1. The lowest BCUT2D eigenvalue weighted by atomic mass is 10.2. The molecule has 28 heavy (non-hydrogen) atoms. The molecule has 1 amide bonds. The molecule has 8 nitrogen and oxygen atoms in total. The molecule has 0 spiro atoms. The molecule has 2 aromatic carbocycles. The Bertz CT molecular complexity index is 1140. The fourth-order valence-electron chi connectivity index (χ4n) is 2.39. The summed E-state index contributed by atoms with van der Waals surface area (Å²) in [7, 11) is -2.85. The largest absolute Gasteiger partial charge is 0.495 e. The number of benzene rings is 2. The molecule has 3 aromatic rings. The zero-order valence-corrected chi connectivity index (χ0v) is 17.0. The van der Waals surface area contributed by atoms with Crippen LogP contribution in [0, 0.1) is 6.92 Å². The molecule has 0 atom stereocenters. The number of carbonyl (C=O) groups is 1. The summed E-state index contributed by atoms with van der Waals surface area (Å²) in [6.07, 6.45) is 1.26. The molecule has 0 saturated heterocycles. The van der Waals surface area contributed by atoms with Gasteiger partial charge in [0, 0.05) is 10.0 Å². The normalized spacial score (nSPS) is 11.3. The van der Waals surface area contributed by atoms with Crippen molar-refractivity contribution in [3.05, 3.63) is 63.9 Å². The highest BCUT2D eigenvalue weighted by atomic mass is 35.5. The standard InChI is InChI=1S/C17H14Cl2N4O4S/c1-10-3-4-15(27-2)16(5-10)28(25,26)21-17(24)14-9-23(22-20-14)13-7-11(18)6-12(19)8-13/h3-9H,1-2H3,(H,21,24). The Labute approximate surface area is 171 Å². The van der Waals surface area contributed by atoms with E-state index in [1.54, 1.807) is 31.2 Å². The van der Waals surface area contributed by atoms with Gasteiger partial charge < -0.3 is 4.74 Å². The molecular weight excluding hydrogens is 427 g/mol. The molecule has 146 valence electrons. The summed E-state index contributed by atoms with van der Waals surface area (Å²) in [5, 5.41) is 8.26. The van der Waals surface area contributed by atoms with Gasteiger partial charge in [-0.15, -0.1) is 5.10 Å². The fourth-order valence-corrected chi connectivity index (χ4v) is 4.12. The quantitative estimate of drug-likeness (QED) is 0.653. The summed E-state index contributed by atoms with van der Waals surface area (Å²) in [4.78, 5) is 12.2. The first-order valence-corrected chi connectivity index (χ1v) is 10.0. The van der Waals surface area contributed by atoms with Crippen LogP contribution in [0.1, 0.15) is 16.1 Å². The highest BCUT2D eigenvalue weighted by molar-refractivity contribution is 7.90. The lowest BCUT2D eigenvalue weighted by molar-refractivity contribution is 0.0976. The first kappa shape index (κ1) is 20.1. The molecule has 1 N–H and O–H groups in total. The second-order valence-electron chi connectivity index (χ2n) is 5.76. The van der Waals surface area contributed by atoms with E-state index in [-0.39, 0.29) is 16.3 Å². The number of hydrogen-bond acceptors (Lipinski definition) is 6. The van der Waals surface area contributed by atoms with E-state index in [0.29, 0.717) is 21.3 Å². The molecule has 3 rings (SSSR count). The third kappa shape index (κ3) is 4.27. The number of nitrogens with zero attached hydrogens (tertiary/aromatic N) is 3. The fraction of sp³-hybridized carbons (Fsp3) is 0.118. The second kappa shape index (κ2) is 7.78. The Hall–Kier alpha value is -2.62. The minimum Gasteiger partial charge on any atom is -0.495 e. The molecule has 0 saturated carbocycles. The third-order valence-corrected chi connectivity index (χ3v) is 5.46. The summed E-state index contributed by atoms with van der Waals surface area (Å²) in [5.74, 6) is -0.828. The summed E-state index contributed by atoms with van der Waals surface area (Å²) >= 11 is 11.9. The van der Waals surface area contributed by atoms with Crippen LogP contribution in [0.5, 0.6) is 5.75 Å². The monoisotopic (exact) mass is 440 g/mol. The van der Waals surface area contributed by atoms with Crippen molar-refractivity contribution >= 4 is 39.1 Å². The lowest BCUT2D eigenvalue weighted by Crippen LogP contribution is -2.31. The van der Waals surface area contributed by atoms with Gasteiger partial charge in [0.05, 0.1) is 19.0 Å². The Morgan fingerprint density at radius 3 is 2.46 bits per heavy atom. The average Bonchev–Trinajstić information content (AvgIpc) is 3.11. The van der Waals surface area contributed by atoms with Gasteiger partial charge in [0.1, 0.15) is 10.6 Å². The van der Waals surface area contributed by atoms with Gasteiger partial charge in [0.25, 0.3) is 15.9 Å². The van der Waals surface area contributed by atoms with Crippen LogP contribution in [-0.4, -0.2) is 36.4 Å². The maximum absolute atomic E-state index is 12.6. The number of halogens is 2. The van der Waals surface area contributed by atoms with E-state index >= 15 is 0 Å². The molecule has 0 bridgehead atoms. The van der Waals surface area contributed by atoms with Gasteiger partial charge in [0.15, 0.2) is 5.69 Å². The van der Waals surface area contributed by atoms with Crippen LogP contribution in [0.15, 0.2) is 47.5 Å². The number of carbonyl (C=O) groups excluding carboxylic acids is 1. The van der Waals surface area contributed by atoms with E-state index in [9.17, 15) is 13.2 Å². The maximum Gasteiger partial charge on any atom is 0.287 e. The summed E-state index contributed by atoms with van der Waals surface area (Å²) < 4.78 is 33.5. The Morgan fingerprint density at radius 1 is 1.14 bits per heavy atom. The van der Waals surface area contributed by atoms with E-state index in [4.69, 9.17) is 27.9 Å². The summed E-state index contributed by atoms with van der Waals surface area (Å²) in [5.41, 5.74) is 0.955. The van der Waals surface area contributed by atoms with Crippen molar-refractivity contribution in [3.8, 4) is 11.4 Å². The highest BCUT2D eigenvalue weighted by Gasteiger charge is 2.24. The van der Waals surface area contributed by atoms with Crippen molar-refractivity contribution < 1.29 is 17.9 Å². The van der Waals surface area contributed by atoms with Crippen LogP contribution >= 0.6 is 23.2 Å². The minimum absolute atomic E-state index is 0.114. The first-order chi connectivity index (χ1) is 13.2. The molecular formula is C17H14Cl2N4O4S. The van der Waals surface area contributed by atoms with Gasteiger partial charge in [-0.05, 0) is 42.8 Å². The Kier molecular flexibility index (Phi) is 5.59. The van der Waals surface area contributed by atoms with E-state index in [0.717, 1.165) is 0 Å². The van der Waals surface area contributed by atoms with Gasteiger partial charge in [-0.25, -0.2) is 17.8 Å². The van der Waals surface area contributed by atoms with Crippen molar-refractivity contribution in [2.75, 3.05) is 7.11 Å². The van der Waals surface area contributed by atoms with Gasteiger partial charge in [-0.1, -0.05) is 34.5 Å². The molecule has 0 aliphatic carbocycles. The van der Waals surface area contributed by atoms with Gasteiger partial charge >= 0.3 is 0 Å². The van der Waals surface area contributed by atoms with E-state index in [2.05, 4.69) is 10.3 Å². The zero-order valence-electron chi connectivity index (χ0n) is 14.7. The average molecular weight is 441 g/mol. The zero-order chi connectivity index (χ0) is 20.5. The van der Waals surface area contributed by atoms with Crippen molar-refractivity contribution in [3.63, 3.8) is 0 Å². The van der Waals surface area contributed by atoms with Crippen molar-refractivity contribution in [2.45, 2.75) is 11.8 Å². The molecule has 0 aliphatic rings. The van der Waals surface area contributed by atoms with Crippen LogP contribution < -0.4 is 9.46 Å². The molecule has 0 unspecified atom stereocenters. The van der Waals surface area contributed by atoms with E-state index in [1.165, 1.54) is 30.1 Å². The number of aromatic nitrogens is 3. The van der Waals surface area contributed by atoms with Gasteiger partial charge in [-0.3, -0.25) is 4.79 Å². The maximum atomic E-state index is 12.6. The lowest BCUT2D eigenvalue weighted by Gasteiger charge is -2.10. The molecule has 0 fully saturated rings. The Morgan fingerprint density at radius 2 is 1.82 bits per heavy atom. The number of hydrogen-bond donors (Lipinski definition) is 1. The third-order valence-electron chi connectivity index (χ3n) is 3.67. The molecule has 11 heteroatoms. The Balaban J connectivity index is 1.88. The van der Waals surface area contributed by atoms with Crippen molar-refractivity contribution in [2.24, 2.45) is 0 Å². The van der Waals surface area contributed by atoms with Crippen LogP contribution in [-0.2, 0) is 10.0 Å². The molecule has 1 aromatic heterocycles. The SMILES string of the molecule is COc1ccc(C)cc1S(=O)(=O)NC(=O)c1cn(-c2cc(Cl)cc(Cl)c2)nn1. The number of aryl methyl sites for hydroxylation is 1. The number of sulfonamides is 1.